The highest BCUT2D eigenvalue weighted by Crippen LogP contribution is 2.26. The summed E-state index contributed by atoms with van der Waals surface area (Å²) < 4.78 is 6.34. The second-order valence-electron chi connectivity index (χ2n) is 4.37. The Balaban J connectivity index is 2.21. The lowest BCUT2D eigenvalue weighted by molar-refractivity contribution is 0.462. The first-order valence-corrected chi connectivity index (χ1v) is 6.42. The summed E-state index contributed by atoms with van der Waals surface area (Å²) in [4.78, 5) is 0. The molecule has 0 spiro atoms. The Hall–Kier alpha value is -1.06. The van der Waals surface area contributed by atoms with Crippen LogP contribution in [0.25, 0.3) is 0 Å². The molecule has 0 aliphatic heterocycles. The Morgan fingerprint density at radius 3 is 2.71 bits per heavy atom. The maximum Gasteiger partial charge on any atom is 0.134 e. The molecule has 2 nitrogen and oxygen atoms in total. The number of halogens is 1. The van der Waals surface area contributed by atoms with Gasteiger partial charge in [0.05, 0.1) is 16.8 Å². The van der Waals surface area contributed by atoms with Crippen molar-refractivity contribution < 1.29 is 4.42 Å². The van der Waals surface area contributed by atoms with Crippen LogP contribution in [0.1, 0.15) is 28.5 Å². The highest BCUT2D eigenvalue weighted by molar-refractivity contribution is 9.10. The molecule has 0 radical (unpaired) electrons. The summed E-state index contributed by atoms with van der Waals surface area (Å²) >= 11 is 3.44. The van der Waals surface area contributed by atoms with Crippen LogP contribution in [0.3, 0.4) is 0 Å². The predicted molar refractivity (Wildman–Crippen MR) is 73.0 cm³/mol. The zero-order chi connectivity index (χ0) is 12.4. The molecule has 2 N–H and O–H groups in total. The van der Waals surface area contributed by atoms with Crippen molar-refractivity contribution in [1.82, 2.24) is 0 Å². The van der Waals surface area contributed by atoms with Gasteiger partial charge in [0.25, 0.3) is 0 Å². The quantitative estimate of drug-likeness (QED) is 0.932. The monoisotopic (exact) mass is 293 g/mol. The lowest BCUT2D eigenvalue weighted by Gasteiger charge is -2.12. The summed E-state index contributed by atoms with van der Waals surface area (Å²) in [5.74, 6) is 0.811. The molecule has 90 valence electrons. The maximum absolute atomic E-state index is 6.17. The van der Waals surface area contributed by atoms with Crippen LogP contribution in [0.15, 0.2) is 39.4 Å². The van der Waals surface area contributed by atoms with E-state index < -0.39 is 0 Å². The molecule has 1 unspecified atom stereocenters. The Morgan fingerprint density at radius 2 is 2.06 bits per heavy atom. The molecule has 2 rings (SSSR count). The van der Waals surface area contributed by atoms with Crippen molar-refractivity contribution in [2.75, 3.05) is 0 Å². The summed E-state index contributed by atoms with van der Waals surface area (Å²) in [6.45, 7) is 4.20. The molecule has 0 saturated carbocycles. The van der Waals surface area contributed by atoms with Crippen LogP contribution in [0, 0.1) is 13.8 Å². The van der Waals surface area contributed by atoms with E-state index in [4.69, 9.17) is 10.2 Å². The first-order chi connectivity index (χ1) is 8.08. The predicted octanol–water partition coefficient (Wildman–Crippen LogP) is 3.90. The van der Waals surface area contributed by atoms with Gasteiger partial charge in [-0.2, -0.15) is 0 Å². The van der Waals surface area contributed by atoms with Gasteiger partial charge in [0.2, 0.25) is 0 Å². The van der Waals surface area contributed by atoms with Crippen LogP contribution in [0.2, 0.25) is 0 Å². The molecule has 0 amide bonds. The molecule has 0 aliphatic rings. The van der Waals surface area contributed by atoms with E-state index in [1.54, 1.807) is 6.26 Å². The standard InChI is InChI=1S/C14H16BrNO/c1-9-3-4-10(2)11(7-9)8-13(16)14-12(15)5-6-17-14/h3-7,13H,8,16H2,1-2H3. The zero-order valence-corrected chi connectivity index (χ0v) is 11.6. The molecule has 0 fully saturated rings. The Kier molecular flexibility index (Phi) is 3.69. The van der Waals surface area contributed by atoms with Gasteiger partial charge in [-0.15, -0.1) is 0 Å². The van der Waals surface area contributed by atoms with E-state index in [-0.39, 0.29) is 6.04 Å². The average molecular weight is 294 g/mol. The molecule has 1 aromatic heterocycles. The largest absolute Gasteiger partial charge is 0.466 e. The number of rotatable bonds is 3. The highest BCUT2D eigenvalue weighted by Gasteiger charge is 2.15. The van der Waals surface area contributed by atoms with E-state index in [9.17, 15) is 0 Å². The number of hydrogen-bond acceptors (Lipinski definition) is 2. The summed E-state index contributed by atoms with van der Waals surface area (Å²) in [6, 6.07) is 8.20. The topological polar surface area (TPSA) is 39.2 Å². The summed E-state index contributed by atoms with van der Waals surface area (Å²) in [5, 5.41) is 0. The summed E-state index contributed by atoms with van der Waals surface area (Å²) in [5.41, 5.74) is 9.98. The molecular weight excluding hydrogens is 278 g/mol. The van der Waals surface area contributed by atoms with Gasteiger partial charge in [0, 0.05) is 0 Å². The van der Waals surface area contributed by atoms with Crippen LogP contribution in [-0.4, -0.2) is 0 Å². The van der Waals surface area contributed by atoms with E-state index in [0.717, 1.165) is 16.7 Å². The van der Waals surface area contributed by atoms with Gasteiger partial charge in [0.1, 0.15) is 5.76 Å². The molecule has 3 heteroatoms. The lowest BCUT2D eigenvalue weighted by Crippen LogP contribution is -2.13. The fraction of sp³-hybridized carbons (Fsp3) is 0.286. The van der Waals surface area contributed by atoms with Gasteiger partial charge < -0.3 is 10.2 Å². The molecule has 1 aromatic carbocycles. The number of benzene rings is 1. The van der Waals surface area contributed by atoms with Crippen molar-refractivity contribution in [3.8, 4) is 0 Å². The fourth-order valence-corrected chi connectivity index (χ4v) is 2.42. The summed E-state index contributed by atoms with van der Waals surface area (Å²) in [7, 11) is 0. The first kappa shape index (κ1) is 12.4. The number of furan rings is 1. The van der Waals surface area contributed by atoms with Crippen molar-refractivity contribution in [2.45, 2.75) is 26.3 Å². The third-order valence-corrected chi connectivity index (χ3v) is 3.58. The number of nitrogens with two attached hydrogens (primary N) is 1. The highest BCUT2D eigenvalue weighted by atomic mass is 79.9. The summed E-state index contributed by atoms with van der Waals surface area (Å²) in [6.07, 6.45) is 2.45. The van der Waals surface area contributed by atoms with E-state index in [1.807, 2.05) is 6.07 Å². The van der Waals surface area contributed by atoms with Gasteiger partial charge in [-0.25, -0.2) is 0 Å². The molecule has 1 atom stereocenters. The fourth-order valence-electron chi connectivity index (χ4n) is 1.92. The zero-order valence-electron chi connectivity index (χ0n) is 10.0. The lowest BCUT2D eigenvalue weighted by atomic mass is 9.98. The number of aryl methyl sites for hydroxylation is 2. The van der Waals surface area contributed by atoms with Crippen molar-refractivity contribution in [3.63, 3.8) is 0 Å². The van der Waals surface area contributed by atoms with Crippen LogP contribution in [-0.2, 0) is 6.42 Å². The SMILES string of the molecule is Cc1ccc(C)c(CC(N)c2occc2Br)c1. The normalized spacial score (nSPS) is 12.7. The van der Waals surface area contributed by atoms with E-state index in [1.165, 1.54) is 16.7 Å². The second kappa shape index (κ2) is 5.07. The molecule has 0 saturated heterocycles. The Labute approximate surface area is 110 Å². The van der Waals surface area contributed by atoms with Gasteiger partial charge in [-0.05, 0) is 53.4 Å². The molecule has 17 heavy (non-hydrogen) atoms. The molecule has 0 bridgehead atoms. The molecular formula is C14H16BrNO. The third-order valence-electron chi connectivity index (χ3n) is 2.93. The molecule has 1 heterocycles. The average Bonchev–Trinajstić information content (AvgIpc) is 2.70. The van der Waals surface area contributed by atoms with Crippen molar-refractivity contribution >= 4 is 15.9 Å². The van der Waals surface area contributed by atoms with Crippen LogP contribution in [0.4, 0.5) is 0 Å². The van der Waals surface area contributed by atoms with Gasteiger partial charge in [-0.1, -0.05) is 23.8 Å². The third kappa shape index (κ3) is 2.79. The number of hydrogen-bond donors (Lipinski definition) is 1. The van der Waals surface area contributed by atoms with E-state index in [0.29, 0.717) is 0 Å². The van der Waals surface area contributed by atoms with Gasteiger partial charge in [-0.3, -0.25) is 0 Å². The minimum Gasteiger partial charge on any atom is -0.466 e. The van der Waals surface area contributed by atoms with Crippen LogP contribution < -0.4 is 5.73 Å². The van der Waals surface area contributed by atoms with Gasteiger partial charge in [0.15, 0.2) is 0 Å². The van der Waals surface area contributed by atoms with Crippen LogP contribution >= 0.6 is 15.9 Å². The minimum absolute atomic E-state index is 0.111. The van der Waals surface area contributed by atoms with E-state index >= 15 is 0 Å². The van der Waals surface area contributed by atoms with Crippen LogP contribution in [0.5, 0.6) is 0 Å². The Bertz CT molecular complexity index is 519. The minimum atomic E-state index is -0.111. The first-order valence-electron chi connectivity index (χ1n) is 5.62. The van der Waals surface area contributed by atoms with E-state index in [2.05, 4.69) is 48.0 Å². The Morgan fingerprint density at radius 1 is 1.29 bits per heavy atom. The second-order valence-corrected chi connectivity index (χ2v) is 5.23. The van der Waals surface area contributed by atoms with Crippen molar-refractivity contribution in [2.24, 2.45) is 5.73 Å². The smallest absolute Gasteiger partial charge is 0.134 e. The van der Waals surface area contributed by atoms with Crippen molar-refractivity contribution in [1.29, 1.82) is 0 Å². The molecule has 2 aromatic rings. The maximum atomic E-state index is 6.17. The van der Waals surface area contributed by atoms with Gasteiger partial charge >= 0.3 is 0 Å². The van der Waals surface area contributed by atoms with Crippen molar-refractivity contribution in [3.05, 3.63) is 57.5 Å². The molecule has 0 aliphatic carbocycles.